The fourth-order valence-corrected chi connectivity index (χ4v) is 2.31. The lowest BCUT2D eigenvalue weighted by atomic mass is 9.86. The van der Waals surface area contributed by atoms with Crippen LogP contribution in [-0.4, -0.2) is 26.7 Å². The summed E-state index contributed by atoms with van der Waals surface area (Å²) in [5.41, 5.74) is 1.29. The number of hydrogen-bond donors (Lipinski definition) is 1. The van der Waals surface area contributed by atoms with Gasteiger partial charge in [-0.15, -0.1) is 0 Å². The highest BCUT2D eigenvalue weighted by Crippen LogP contribution is 2.24. The number of benzene rings is 1. The molecular weight excluding hydrogens is 251 g/mol. The van der Waals surface area contributed by atoms with Crippen LogP contribution in [0.5, 0.6) is 0 Å². The Labute approximate surface area is 123 Å². The van der Waals surface area contributed by atoms with Crippen LogP contribution in [0.4, 0.5) is 10.1 Å². The average molecular weight is 280 g/mol. The maximum Gasteiger partial charge on any atom is 0.123 e. The molecule has 0 aliphatic rings. The summed E-state index contributed by atoms with van der Waals surface area (Å²) in [4.78, 5) is 2.21. The van der Waals surface area contributed by atoms with Crippen LogP contribution in [0.1, 0.15) is 34.1 Å². The molecule has 2 nitrogen and oxygen atoms in total. The van der Waals surface area contributed by atoms with Gasteiger partial charge in [0.1, 0.15) is 5.82 Å². The Morgan fingerprint density at radius 3 is 2.35 bits per heavy atom. The molecule has 0 heterocycles. The van der Waals surface area contributed by atoms with Gasteiger partial charge in [0.05, 0.1) is 0 Å². The van der Waals surface area contributed by atoms with Crippen LogP contribution in [-0.2, 0) is 0 Å². The Kier molecular flexibility index (Phi) is 6.47. The van der Waals surface area contributed by atoms with Crippen molar-refractivity contribution in [1.82, 2.24) is 5.32 Å². The molecule has 1 aromatic carbocycles. The molecule has 0 aliphatic carbocycles. The number of hydrogen-bond acceptors (Lipinski definition) is 2. The Morgan fingerprint density at radius 2 is 1.85 bits per heavy atom. The zero-order chi connectivity index (χ0) is 15.2. The second kappa shape index (κ2) is 7.63. The molecule has 0 bridgehead atoms. The van der Waals surface area contributed by atoms with Crippen molar-refractivity contribution in [3.8, 4) is 0 Å². The Morgan fingerprint density at radius 1 is 1.25 bits per heavy atom. The summed E-state index contributed by atoms with van der Waals surface area (Å²) in [6, 6.07) is 6.72. The number of halogens is 1. The van der Waals surface area contributed by atoms with Gasteiger partial charge < -0.3 is 10.2 Å². The minimum Gasteiger partial charge on any atom is -0.374 e. The van der Waals surface area contributed by atoms with E-state index in [1.165, 1.54) is 12.1 Å². The van der Waals surface area contributed by atoms with Crippen LogP contribution in [0.2, 0.25) is 0 Å². The average Bonchev–Trinajstić information content (AvgIpc) is 2.39. The molecule has 3 heteroatoms. The number of rotatable bonds is 8. The molecule has 0 fully saturated rings. The van der Waals surface area contributed by atoms with Gasteiger partial charge in [0.2, 0.25) is 0 Å². The number of anilines is 1. The second-order valence-electron chi connectivity index (χ2n) is 6.52. The fourth-order valence-electron chi connectivity index (χ4n) is 2.31. The highest BCUT2D eigenvalue weighted by atomic mass is 19.1. The molecule has 0 spiro atoms. The maximum absolute atomic E-state index is 13.0. The largest absolute Gasteiger partial charge is 0.374 e. The summed E-state index contributed by atoms with van der Waals surface area (Å²) < 4.78 is 13.0. The molecule has 20 heavy (non-hydrogen) atoms. The van der Waals surface area contributed by atoms with Crippen molar-refractivity contribution in [2.45, 2.75) is 34.1 Å². The standard InChI is InChI=1S/C17H29FN2/c1-6-17(4,12-19-11-14(2)3)13-20(5)16-9-7-15(18)8-10-16/h7-10,14,19H,6,11-13H2,1-5H3. The van der Waals surface area contributed by atoms with Crippen molar-refractivity contribution >= 4 is 5.69 Å². The summed E-state index contributed by atoms with van der Waals surface area (Å²) in [6.45, 7) is 12.0. The quantitative estimate of drug-likeness (QED) is 0.776. The Hall–Kier alpha value is -1.09. The van der Waals surface area contributed by atoms with E-state index >= 15 is 0 Å². The van der Waals surface area contributed by atoms with E-state index in [4.69, 9.17) is 0 Å². The summed E-state index contributed by atoms with van der Waals surface area (Å²) in [5, 5.41) is 3.56. The normalized spacial score (nSPS) is 14.3. The first-order valence-electron chi connectivity index (χ1n) is 7.54. The van der Waals surface area contributed by atoms with Crippen molar-refractivity contribution in [3.63, 3.8) is 0 Å². The van der Waals surface area contributed by atoms with Gasteiger partial charge in [0.15, 0.2) is 0 Å². The zero-order valence-corrected chi connectivity index (χ0v) is 13.5. The van der Waals surface area contributed by atoms with E-state index in [-0.39, 0.29) is 11.2 Å². The van der Waals surface area contributed by atoms with Gasteiger partial charge in [-0.1, -0.05) is 27.7 Å². The van der Waals surface area contributed by atoms with E-state index in [0.717, 1.165) is 31.7 Å². The van der Waals surface area contributed by atoms with Crippen LogP contribution >= 0.6 is 0 Å². The van der Waals surface area contributed by atoms with Crippen molar-refractivity contribution in [3.05, 3.63) is 30.1 Å². The van der Waals surface area contributed by atoms with Gasteiger partial charge in [-0.3, -0.25) is 0 Å². The van der Waals surface area contributed by atoms with Gasteiger partial charge in [-0.25, -0.2) is 4.39 Å². The summed E-state index contributed by atoms with van der Waals surface area (Å²) in [7, 11) is 2.07. The summed E-state index contributed by atoms with van der Waals surface area (Å²) >= 11 is 0. The van der Waals surface area contributed by atoms with Crippen LogP contribution in [0.15, 0.2) is 24.3 Å². The monoisotopic (exact) mass is 280 g/mol. The third-order valence-corrected chi connectivity index (χ3v) is 3.84. The second-order valence-corrected chi connectivity index (χ2v) is 6.52. The third-order valence-electron chi connectivity index (χ3n) is 3.84. The van der Waals surface area contributed by atoms with Crippen LogP contribution in [0, 0.1) is 17.2 Å². The summed E-state index contributed by atoms with van der Waals surface area (Å²) in [6.07, 6.45) is 1.11. The molecule has 1 atom stereocenters. The van der Waals surface area contributed by atoms with Crippen molar-refractivity contribution in [2.75, 3.05) is 31.6 Å². The lowest BCUT2D eigenvalue weighted by Crippen LogP contribution is -2.41. The van der Waals surface area contributed by atoms with E-state index in [1.54, 1.807) is 0 Å². The third kappa shape index (κ3) is 5.49. The minimum atomic E-state index is -0.181. The Bertz CT molecular complexity index is 388. The zero-order valence-electron chi connectivity index (χ0n) is 13.5. The van der Waals surface area contributed by atoms with Crippen molar-refractivity contribution in [1.29, 1.82) is 0 Å². The van der Waals surface area contributed by atoms with E-state index < -0.39 is 0 Å². The number of nitrogens with one attached hydrogen (secondary N) is 1. The molecule has 0 saturated carbocycles. The SMILES string of the molecule is CCC(C)(CNCC(C)C)CN(C)c1ccc(F)cc1. The van der Waals surface area contributed by atoms with Gasteiger partial charge in [0, 0.05) is 25.8 Å². The predicted octanol–water partition coefficient (Wildman–Crippen LogP) is 3.92. The Balaban J connectivity index is 2.59. The molecule has 1 unspecified atom stereocenters. The highest BCUT2D eigenvalue weighted by Gasteiger charge is 2.24. The molecule has 1 rings (SSSR count). The fraction of sp³-hybridized carbons (Fsp3) is 0.647. The first kappa shape index (κ1) is 17.0. The minimum absolute atomic E-state index is 0.181. The molecular formula is C17H29FN2. The van der Waals surface area contributed by atoms with Gasteiger partial charge in [-0.05, 0) is 48.6 Å². The van der Waals surface area contributed by atoms with E-state index in [9.17, 15) is 4.39 Å². The molecule has 1 aromatic rings. The highest BCUT2D eigenvalue weighted by molar-refractivity contribution is 5.45. The topological polar surface area (TPSA) is 15.3 Å². The lowest BCUT2D eigenvalue weighted by Gasteiger charge is -2.34. The predicted molar refractivity (Wildman–Crippen MR) is 85.8 cm³/mol. The van der Waals surface area contributed by atoms with Gasteiger partial charge in [0.25, 0.3) is 0 Å². The molecule has 0 aromatic heterocycles. The first-order chi connectivity index (χ1) is 9.36. The van der Waals surface area contributed by atoms with Gasteiger partial charge in [-0.2, -0.15) is 0 Å². The van der Waals surface area contributed by atoms with E-state index in [2.05, 4.69) is 45.0 Å². The molecule has 0 aliphatic heterocycles. The maximum atomic E-state index is 13.0. The molecule has 0 radical (unpaired) electrons. The van der Waals surface area contributed by atoms with Crippen molar-refractivity contribution < 1.29 is 4.39 Å². The van der Waals surface area contributed by atoms with Crippen LogP contribution in [0.3, 0.4) is 0 Å². The van der Waals surface area contributed by atoms with Gasteiger partial charge >= 0.3 is 0 Å². The molecule has 1 N–H and O–H groups in total. The first-order valence-corrected chi connectivity index (χ1v) is 7.54. The van der Waals surface area contributed by atoms with E-state index in [1.807, 2.05) is 12.1 Å². The molecule has 0 saturated heterocycles. The lowest BCUT2D eigenvalue weighted by molar-refractivity contribution is 0.294. The smallest absolute Gasteiger partial charge is 0.123 e. The van der Waals surface area contributed by atoms with Crippen molar-refractivity contribution in [2.24, 2.45) is 11.3 Å². The molecule has 114 valence electrons. The summed E-state index contributed by atoms with van der Waals surface area (Å²) in [5.74, 6) is 0.491. The van der Waals surface area contributed by atoms with Crippen LogP contribution < -0.4 is 10.2 Å². The number of nitrogens with zero attached hydrogens (tertiary/aromatic N) is 1. The van der Waals surface area contributed by atoms with Crippen LogP contribution in [0.25, 0.3) is 0 Å². The van der Waals surface area contributed by atoms with E-state index in [0.29, 0.717) is 5.92 Å². The molecule has 0 amide bonds.